The fourth-order valence-electron chi connectivity index (χ4n) is 2.62. The van der Waals surface area contributed by atoms with Gasteiger partial charge in [0, 0.05) is 13.1 Å². The Hall–Kier alpha value is -1.49. The van der Waals surface area contributed by atoms with Gasteiger partial charge in [-0.05, 0) is 60.3 Å². The van der Waals surface area contributed by atoms with Crippen LogP contribution in [0.5, 0.6) is 17.2 Å². The van der Waals surface area contributed by atoms with Crippen LogP contribution in [0.2, 0.25) is 0 Å². The van der Waals surface area contributed by atoms with E-state index >= 15 is 0 Å². The van der Waals surface area contributed by atoms with Gasteiger partial charge in [-0.2, -0.15) is 0 Å². The Morgan fingerprint density at radius 3 is 2.08 bits per heavy atom. The fourth-order valence-corrected chi connectivity index (χ4v) is 3.12. The Balaban J connectivity index is 1.80. The zero-order valence-corrected chi connectivity index (χ0v) is 14.6. The Morgan fingerprint density at radius 1 is 0.833 bits per heavy atom. The van der Waals surface area contributed by atoms with Crippen LogP contribution in [-0.2, 0) is 0 Å². The third kappa shape index (κ3) is 4.12. The molecule has 1 fully saturated rings. The molecule has 0 saturated carbocycles. The molecule has 0 bridgehead atoms. The molecule has 1 aliphatic rings. The van der Waals surface area contributed by atoms with Gasteiger partial charge in [-0.3, -0.25) is 0 Å². The molecule has 2 aromatic rings. The number of ether oxygens (including phenoxy) is 2. The molecule has 0 radical (unpaired) electrons. The van der Waals surface area contributed by atoms with Crippen LogP contribution in [0, 0.1) is 5.82 Å². The minimum absolute atomic E-state index is 0.112. The van der Waals surface area contributed by atoms with Crippen molar-refractivity contribution in [3.05, 3.63) is 54.3 Å². The summed E-state index contributed by atoms with van der Waals surface area (Å²) in [5, 5.41) is 0. The Morgan fingerprint density at radius 2 is 1.42 bits per heavy atom. The number of para-hydroxylation sites is 3. The smallest absolute Gasteiger partial charge is 0.321 e. The first-order valence-electron chi connectivity index (χ1n) is 7.89. The molecule has 1 saturated heterocycles. The van der Waals surface area contributed by atoms with Crippen molar-refractivity contribution in [1.82, 2.24) is 4.90 Å². The number of halogens is 3. The highest BCUT2D eigenvalue weighted by Gasteiger charge is 2.36. The second-order valence-electron chi connectivity index (χ2n) is 5.62. The van der Waals surface area contributed by atoms with E-state index in [1.807, 2.05) is 4.90 Å². The maximum absolute atomic E-state index is 13.8. The van der Waals surface area contributed by atoms with Crippen LogP contribution in [0.15, 0.2) is 48.5 Å². The third-order valence-electron chi connectivity index (χ3n) is 3.86. The van der Waals surface area contributed by atoms with E-state index in [2.05, 4.69) is 0 Å². The van der Waals surface area contributed by atoms with Crippen LogP contribution >= 0.6 is 23.2 Å². The van der Waals surface area contributed by atoms with E-state index < -0.39 is 10.5 Å². The lowest BCUT2D eigenvalue weighted by atomic mass is 10.1. The SMILES string of the molecule is Fc1ccccc1Oc1ccccc1OC(Cl)(Cl)N1CCCCC1. The third-order valence-corrected chi connectivity index (χ3v) is 4.50. The first-order chi connectivity index (χ1) is 11.6. The molecule has 0 aromatic heterocycles. The van der Waals surface area contributed by atoms with E-state index in [0.717, 1.165) is 32.4 Å². The van der Waals surface area contributed by atoms with Crippen LogP contribution in [0.25, 0.3) is 0 Å². The monoisotopic (exact) mass is 369 g/mol. The van der Waals surface area contributed by atoms with Crippen LogP contribution in [0.4, 0.5) is 4.39 Å². The zero-order chi connectivity index (χ0) is 17.0. The van der Waals surface area contributed by atoms with E-state index in [1.54, 1.807) is 42.5 Å². The zero-order valence-electron chi connectivity index (χ0n) is 13.1. The number of alkyl halides is 2. The van der Waals surface area contributed by atoms with Crippen molar-refractivity contribution in [3.8, 4) is 17.2 Å². The van der Waals surface area contributed by atoms with Gasteiger partial charge in [-0.15, -0.1) is 0 Å². The molecule has 0 spiro atoms. The van der Waals surface area contributed by atoms with Crippen LogP contribution in [0.1, 0.15) is 19.3 Å². The molecule has 3 nitrogen and oxygen atoms in total. The van der Waals surface area contributed by atoms with Gasteiger partial charge in [0.1, 0.15) is 0 Å². The normalized spacial score (nSPS) is 16.0. The lowest BCUT2D eigenvalue weighted by Gasteiger charge is -2.36. The summed E-state index contributed by atoms with van der Waals surface area (Å²) in [6, 6.07) is 13.1. The number of hydrogen-bond acceptors (Lipinski definition) is 3. The van der Waals surface area contributed by atoms with Crippen molar-refractivity contribution in [2.45, 2.75) is 23.9 Å². The first-order valence-corrected chi connectivity index (χ1v) is 8.65. The maximum atomic E-state index is 13.8. The summed E-state index contributed by atoms with van der Waals surface area (Å²) in [7, 11) is 0. The van der Waals surface area contributed by atoms with Gasteiger partial charge in [0.05, 0.1) is 0 Å². The minimum Gasteiger partial charge on any atom is -0.450 e. The van der Waals surface area contributed by atoms with Gasteiger partial charge in [-0.25, -0.2) is 9.29 Å². The molecule has 0 atom stereocenters. The van der Waals surface area contributed by atoms with Crippen molar-refractivity contribution >= 4 is 23.2 Å². The van der Waals surface area contributed by atoms with Crippen molar-refractivity contribution in [2.75, 3.05) is 13.1 Å². The number of nitrogens with zero attached hydrogens (tertiary/aromatic N) is 1. The molecule has 1 aliphatic heterocycles. The number of likely N-dealkylation sites (tertiary alicyclic amines) is 1. The summed E-state index contributed by atoms with van der Waals surface area (Å²) in [5.41, 5.74) is 0. The highest BCUT2D eigenvalue weighted by Crippen LogP contribution is 2.38. The van der Waals surface area contributed by atoms with Crippen LogP contribution in [-0.4, -0.2) is 22.6 Å². The fraction of sp³-hybridized carbons (Fsp3) is 0.333. The summed E-state index contributed by atoms with van der Waals surface area (Å²) in [6.45, 7) is 1.53. The summed E-state index contributed by atoms with van der Waals surface area (Å²) < 4.78 is 23.8. The second-order valence-corrected chi connectivity index (χ2v) is 6.83. The Labute approximate surface area is 150 Å². The minimum atomic E-state index is -1.49. The molecule has 24 heavy (non-hydrogen) atoms. The van der Waals surface area contributed by atoms with Gasteiger partial charge in [-0.1, -0.05) is 30.7 Å². The molecule has 0 aliphatic carbocycles. The second kappa shape index (κ2) is 7.60. The molecule has 0 N–H and O–H groups in total. The predicted octanol–water partition coefficient (Wildman–Crippen LogP) is 5.57. The van der Waals surface area contributed by atoms with Crippen molar-refractivity contribution in [1.29, 1.82) is 0 Å². The Kier molecular flexibility index (Phi) is 5.49. The molecule has 6 heteroatoms. The number of benzene rings is 2. The topological polar surface area (TPSA) is 21.7 Å². The summed E-state index contributed by atoms with van der Waals surface area (Å²) in [6.07, 6.45) is 3.21. The van der Waals surface area contributed by atoms with Gasteiger partial charge < -0.3 is 9.47 Å². The highest BCUT2D eigenvalue weighted by atomic mass is 35.5. The molecular formula is C18H18Cl2FNO2. The molecule has 0 unspecified atom stereocenters. The van der Waals surface area contributed by atoms with Gasteiger partial charge >= 0.3 is 4.64 Å². The van der Waals surface area contributed by atoms with Crippen LogP contribution in [0.3, 0.4) is 0 Å². The van der Waals surface area contributed by atoms with Crippen molar-refractivity contribution in [3.63, 3.8) is 0 Å². The first kappa shape index (κ1) is 17.3. The van der Waals surface area contributed by atoms with Gasteiger partial charge in [0.2, 0.25) is 0 Å². The van der Waals surface area contributed by atoms with Gasteiger partial charge in [0.15, 0.2) is 23.1 Å². The van der Waals surface area contributed by atoms with Crippen molar-refractivity contribution < 1.29 is 13.9 Å². The summed E-state index contributed by atoms with van der Waals surface area (Å²) in [4.78, 5) is 1.87. The largest absolute Gasteiger partial charge is 0.450 e. The standard InChI is InChI=1S/C18H18Cl2FNO2/c19-18(20,22-12-6-1-7-13-22)24-17-11-5-4-10-16(17)23-15-9-3-2-8-14(15)21/h2-5,8-11H,1,6-7,12-13H2. The highest BCUT2D eigenvalue weighted by molar-refractivity contribution is 6.47. The molecule has 2 aromatic carbocycles. The average molecular weight is 370 g/mol. The van der Waals surface area contributed by atoms with E-state index in [4.69, 9.17) is 32.7 Å². The number of piperidine rings is 1. The maximum Gasteiger partial charge on any atom is 0.321 e. The van der Waals surface area contributed by atoms with Crippen molar-refractivity contribution in [2.24, 2.45) is 0 Å². The summed E-state index contributed by atoms with van der Waals surface area (Å²) in [5.74, 6) is 0.370. The lowest BCUT2D eigenvalue weighted by Crippen LogP contribution is -2.47. The molecule has 128 valence electrons. The molecule has 3 rings (SSSR count). The lowest BCUT2D eigenvalue weighted by molar-refractivity contribution is 0.0372. The van der Waals surface area contributed by atoms with E-state index in [1.165, 1.54) is 6.07 Å². The predicted molar refractivity (Wildman–Crippen MR) is 93.4 cm³/mol. The number of rotatable bonds is 5. The van der Waals surface area contributed by atoms with E-state index in [0.29, 0.717) is 11.5 Å². The van der Waals surface area contributed by atoms with E-state index in [-0.39, 0.29) is 5.75 Å². The number of hydrogen-bond donors (Lipinski definition) is 0. The summed E-state index contributed by atoms with van der Waals surface area (Å²) >= 11 is 12.8. The van der Waals surface area contributed by atoms with Crippen LogP contribution < -0.4 is 9.47 Å². The quantitative estimate of drug-likeness (QED) is 0.507. The molecule has 0 amide bonds. The van der Waals surface area contributed by atoms with E-state index in [9.17, 15) is 4.39 Å². The average Bonchev–Trinajstić information content (AvgIpc) is 2.59. The molecular weight excluding hydrogens is 352 g/mol. The Bertz CT molecular complexity index is 690. The molecule has 1 heterocycles. The van der Waals surface area contributed by atoms with Gasteiger partial charge in [0.25, 0.3) is 0 Å².